The third-order valence-electron chi connectivity index (χ3n) is 5.21. The van der Waals surface area contributed by atoms with Gasteiger partial charge >= 0.3 is 0 Å². The zero-order valence-electron chi connectivity index (χ0n) is 16.1. The number of benzene rings is 4. The van der Waals surface area contributed by atoms with E-state index in [1.165, 1.54) is 0 Å². The fraction of sp³-hybridized carbons (Fsp3) is 0.115. The molecule has 29 heavy (non-hydrogen) atoms. The first-order valence-corrected chi connectivity index (χ1v) is 9.81. The topological polar surface area (TPSA) is 49.3 Å². The van der Waals surface area contributed by atoms with E-state index in [1.807, 2.05) is 91.0 Å². The quantitative estimate of drug-likeness (QED) is 0.492. The molecule has 4 aromatic rings. The minimum atomic E-state index is -0.339. The molecule has 144 valence electrons. The van der Waals surface area contributed by atoms with Crippen LogP contribution in [0, 0.1) is 0 Å². The minimum Gasteiger partial charge on any atom is -0.507 e. The van der Waals surface area contributed by atoms with Crippen LogP contribution in [-0.2, 0) is 11.2 Å². The molecule has 0 spiro atoms. The molecule has 0 aromatic heterocycles. The van der Waals surface area contributed by atoms with Crippen LogP contribution in [0.4, 0.5) is 0 Å². The van der Waals surface area contributed by atoms with Gasteiger partial charge in [-0.25, -0.2) is 0 Å². The highest BCUT2D eigenvalue weighted by molar-refractivity contribution is 5.91. The lowest BCUT2D eigenvalue weighted by atomic mass is 9.90. The highest BCUT2D eigenvalue weighted by Gasteiger charge is 2.22. The van der Waals surface area contributed by atoms with Crippen LogP contribution in [-0.4, -0.2) is 17.6 Å². The molecule has 0 saturated carbocycles. The third-order valence-corrected chi connectivity index (χ3v) is 5.21. The molecule has 0 unspecified atom stereocenters. The van der Waals surface area contributed by atoms with E-state index < -0.39 is 0 Å². The van der Waals surface area contributed by atoms with E-state index in [-0.39, 0.29) is 17.6 Å². The number of rotatable bonds is 6. The molecular weight excluding hydrogens is 358 g/mol. The Morgan fingerprint density at radius 1 is 0.724 bits per heavy atom. The van der Waals surface area contributed by atoms with Gasteiger partial charge in [0, 0.05) is 11.9 Å². The van der Waals surface area contributed by atoms with Gasteiger partial charge in [-0.05, 0) is 34.6 Å². The summed E-state index contributed by atoms with van der Waals surface area (Å²) in [4.78, 5) is 13.1. The van der Waals surface area contributed by atoms with Gasteiger partial charge in [-0.15, -0.1) is 0 Å². The summed E-state index contributed by atoms with van der Waals surface area (Å²) in [5.41, 5.74) is 3.06. The van der Waals surface area contributed by atoms with Crippen LogP contribution in [0.15, 0.2) is 97.1 Å². The lowest BCUT2D eigenvalue weighted by Crippen LogP contribution is -2.31. The smallest absolute Gasteiger partial charge is 0.232 e. The van der Waals surface area contributed by atoms with Gasteiger partial charge in [-0.3, -0.25) is 4.79 Å². The molecule has 0 aliphatic heterocycles. The Labute approximate surface area is 170 Å². The van der Waals surface area contributed by atoms with Crippen LogP contribution in [0.5, 0.6) is 5.75 Å². The minimum absolute atomic E-state index is 0.00881. The van der Waals surface area contributed by atoms with Gasteiger partial charge in [0.1, 0.15) is 5.75 Å². The summed E-state index contributed by atoms with van der Waals surface area (Å²) in [5, 5.41) is 15.0. The van der Waals surface area contributed by atoms with Crippen LogP contribution < -0.4 is 5.32 Å². The summed E-state index contributed by atoms with van der Waals surface area (Å²) >= 11 is 0. The Bertz CT molecular complexity index is 1070. The first-order valence-electron chi connectivity index (χ1n) is 9.81. The second-order valence-electron chi connectivity index (χ2n) is 7.08. The number of fused-ring (bicyclic) bond motifs is 1. The maximum absolute atomic E-state index is 13.1. The van der Waals surface area contributed by atoms with Crippen LogP contribution in [0.3, 0.4) is 0 Å². The van der Waals surface area contributed by atoms with Crippen molar-refractivity contribution >= 4 is 16.7 Å². The third kappa shape index (κ3) is 4.14. The van der Waals surface area contributed by atoms with E-state index >= 15 is 0 Å². The largest absolute Gasteiger partial charge is 0.507 e. The number of carbonyl (C=O) groups is 1. The second kappa shape index (κ2) is 8.61. The predicted molar refractivity (Wildman–Crippen MR) is 117 cm³/mol. The number of hydrogen-bond donors (Lipinski definition) is 2. The van der Waals surface area contributed by atoms with Crippen molar-refractivity contribution in [3.05, 3.63) is 114 Å². The van der Waals surface area contributed by atoms with Gasteiger partial charge in [0.2, 0.25) is 5.91 Å². The molecule has 1 amide bonds. The monoisotopic (exact) mass is 381 g/mol. The molecule has 3 nitrogen and oxygen atoms in total. The number of nitrogens with one attached hydrogen (secondary N) is 1. The molecule has 4 rings (SSSR count). The Morgan fingerprint density at radius 3 is 1.97 bits per heavy atom. The molecule has 0 fully saturated rings. The predicted octanol–water partition coefficient (Wildman–Crippen LogP) is 5.04. The van der Waals surface area contributed by atoms with Crippen molar-refractivity contribution in [2.45, 2.75) is 12.3 Å². The molecular formula is C26H23NO2. The van der Waals surface area contributed by atoms with Crippen LogP contribution in [0.1, 0.15) is 22.6 Å². The van der Waals surface area contributed by atoms with E-state index in [9.17, 15) is 9.90 Å². The van der Waals surface area contributed by atoms with Crippen LogP contribution in [0.2, 0.25) is 0 Å². The van der Waals surface area contributed by atoms with Gasteiger partial charge in [-0.1, -0.05) is 91.0 Å². The van der Waals surface area contributed by atoms with E-state index in [1.54, 1.807) is 6.07 Å². The maximum Gasteiger partial charge on any atom is 0.232 e. The summed E-state index contributed by atoms with van der Waals surface area (Å²) in [6, 6.07) is 31.2. The molecule has 0 bridgehead atoms. The van der Waals surface area contributed by atoms with Gasteiger partial charge < -0.3 is 10.4 Å². The number of amides is 1. The highest BCUT2D eigenvalue weighted by Crippen LogP contribution is 2.27. The summed E-state index contributed by atoms with van der Waals surface area (Å²) < 4.78 is 0. The Kier molecular flexibility index (Phi) is 5.57. The Hall–Kier alpha value is -3.59. The number of carbonyl (C=O) groups excluding carboxylic acids is 1. The van der Waals surface area contributed by atoms with Gasteiger partial charge in [-0.2, -0.15) is 0 Å². The van der Waals surface area contributed by atoms with E-state index in [2.05, 4.69) is 5.32 Å². The molecule has 2 N–H and O–H groups in total. The molecule has 0 heterocycles. The van der Waals surface area contributed by atoms with Gasteiger partial charge in [0.05, 0.1) is 5.92 Å². The highest BCUT2D eigenvalue weighted by atomic mass is 16.3. The van der Waals surface area contributed by atoms with Crippen molar-refractivity contribution in [1.82, 2.24) is 5.32 Å². The second-order valence-corrected chi connectivity index (χ2v) is 7.08. The van der Waals surface area contributed by atoms with E-state index in [0.29, 0.717) is 13.0 Å². The van der Waals surface area contributed by atoms with Crippen molar-refractivity contribution in [2.75, 3.05) is 6.54 Å². The first-order chi connectivity index (χ1) is 14.2. The fourth-order valence-corrected chi connectivity index (χ4v) is 3.79. The van der Waals surface area contributed by atoms with E-state index in [0.717, 1.165) is 27.5 Å². The van der Waals surface area contributed by atoms with E-state index in [4.69, 9.17) is 0 Å². The summed E-state index contributed by atoms with van der Waals surface area (Å²) in [5.74, 6) is -0.0685. The number of phenolic OH excluding ortho intramolecular Hbond substituents is 1. The average molecular weight is 381 g/mol. The van der Waals surface area contributed by atoms with Crippen LogP contribution >= 0.6 is 0 Å². The zero-order chi connectivity index (χ0) is 20.1. The number of aromatic hydroxyl groups is 1. The van der Waals surface area contributed by atoms with Crippen molar-refractivity contribution in [3.8, 4) is 5.75 Å². The summed E-state index contributed by atoms with van der Waals surface area (Å²) in [6.45, 7) is 0.532. The molecule has 0 atom stereocenters. The summed E-state index contributed by atoms with van der Waals surface area (Å²) in [7, 11) is 0. The summed E-state index contributed by atoms with van der Waals surface area (Å²) in [6.07, 6.45) is 0.697. The molecule has 0 saturated heterocycles. The lowest BCUT2D eigenvalue weighted by Gasteiger charge is -2.18. The SMILES string of the molecule is O=C(NCCc1cccc2c(O)cccc12)C(c1ccccc1)c1ccccc1. The molecule has 3 heteroatoms. The average Bonchev–Trinajstić information content (AvgIpc) is 2.76. The van der Waals surface area contributed by atoms with Gasteiger partial charge in [0.15, 0.2) is 0 Å². The number of hydrogen-bond acceptors (Lipinski definition) is 2. The van der Waals surface area contributed by atoms with Gasteiger partial charge in [0.25, 0.3) is 0 Å². The maximum atomic E-state index is 13.1. The normalized spacial score (nSPS) is 10.9. The lowest BCUT2D eigenvalue weighted by molar-refractivity contribution is -0.121. The standard InChI is InChI=1S/C26H23NO2/c28-24-16-8-14-22-19(13-7-15-23(22)24)17-18-27-26(29)25(20-9-3-1-4-10-20)21-11-5-2-6-12-21/h1-16,25,28H,17-18H2,(H,27,29). The molecule has 0 aliphatic rings. The molecule has 0 aliphatic carbocycles. The Balaban J connectivity index is 1.52. The molecule has 4 aromatic carbocycles. The van der Waals surface area contributed by atoms with Crippen molar-refractivity contribution < 1.29 is 9.90 Å². The Morgan fingerprint density at radius 2 is 1.31 bits per heavy atom. The zero-order valence-corrected chi connectivity index (χ0v) is 16.1. The first kappa shape index (κ1) is 18.8. The van der Waals surface area contributed by atoms with Crippen molar-refractivity contribution in [1.29, 1.82) is 0 Å². The molecule has 0 radical (unpaired) electrons. The number of phenols is 1. The fourth-order valence-electron chi connectivity index (χ4n) is 3.79. The van der Waals surface area contributed by atoms with Crippen molar-refractivity contribution in [2.24, 2.45) is 0 Å². The van der Waals surface area contributed by atoms with Crippen LogP contribution in [0.25, 0.3) is 10.8 Å². The van der Waals surface area contributed by atoms with Crippen molar-refractivity contribution in [3.63, 3.8) is 0 Å².